The Morgan fingerprint density at radius 2 is 2.22 bits per heavy atom. The van der Waals surface area contributed by atoms with Gasteiger partial charge in [0.1, 0.15) is 0 Å². The van der Waals surface area contributed by atoms with Crippen LogP contribution in [-0.2, 0) is 12.0 Å². The van der Waals surface area contributed by atoms with Crippen LogP contribution in [0.3, 0.4) is 0 Å². The summed E-state index contributed by atoms with van der Waals surface area (Å²) in [6.45, 7) is 9.94. The van der Waals surface area contributed by atoms with Crippen molar-refractivity contribution in [1.29, 1.82) is 0 Å². The van der Waals surface area contributed by atoms with Crippen LogP contribution in [0, 0.1) is 5.92 Å². The Kier molecular flexibility index (Phi) is 4.02. The number of piperidine rings is 1. The molecule has 1 aliphatic rings. The monoisotopic (exact) mass is 252 g/mol. The van der Waals surface area contributed by atoms with Crippen LogP contribution >= 0.6 is 0 Å². The molecule has 0 saturated carbocycles. The predicted octanol–water partition coefficient (Wildman–Crippen LogP) is 1.54. The standard InChI is InChI=1S/C13H24N4O/c1-13(2,3)12-15-11(16-18-12)9-17-6-4-5-10(7-14)8-17/h10H,4-9,14H2,1-3H3/t10-/m0/s1. The van der Waals surface area contributed by atoms with E-state index in [0.717, 1.165) is 32.0 Å². The Balaban J connectivity index is 1.95. The minimum absolute atomic E-state index is 0.0764. The molecular formula is C13H24N4O. The van der Waals surface area contributed by atoms with Gasteiger partial charge in [0.15, 0.2) is 5.82 Å². The molecule has 0 aromatic carbocycles. The van der Waals surface area contributed by atoms with Crippen LogP contribution in [-0.4, -0.2) is 34.7 Å². The van der Waals surface area contributed by atoms with Gasteiger partial charge in [-0.15, -0.1) is 0 Å². The van der Waals surface area contributed by atoms with E-state index in [4.69, 9.17) is 10.3 Å². The second-order valence-electron chi connectivity index (χ2n) is 6.24. The van der Waals surface area contributed by atoms with E-state index in [0.29, 0.717) is 11.8 Å². The van der Waals surface area contributed by atoms with Gasteiger partial charge in [0.2, 0.25) is 5.89 Å². The van der Waals surface area contributed by atoms with Gasteiger partial charge in [0, 0.05) is 12.0 Å². The van der Waals surface area contributed by atoms with Gasteiger partial charge in [0.25, 0.3) is 0 Å². The van der Waals surface area contributed by atoms with Gasteiger partial charge < -0.3 is 10.3 Å². The third-order valence-corrected chi connectivity index (χ3v) is 3.41. The second kappa shape index (κ2) is 5.36. The van der Waals surface area contributed by atoms with Crippen molar-refractivity contribution in [3.8, 4) is 0 Å². The molecule has 0 bridgehead atoms. The average Bonchev–Trinajstić information content (AvgIpc) is 2.77. The Morgan fingerprint density at radius 3 is 2.83 bits per heavy atom. The number of nitrogens with zero attached hydrogens (tertiary/aromatic N) is 3. The maximum Gasteiger partial charge on any atom is 0.232 e. The quantitative estimate of drug-likeness (QED) is 0.883. The molecule has 2 N–H and O–H groups in total. The maximum absolute atomic E-state index is 5.74. The average molecular weight is 252 g/mol. The molecule has 1 aliphatic heterocycles. The van der Waals surface area contributed by atoms with Crippen LogP contribution < -0.4 is 5.73 Å². The zero-order valence-corrected chi connectivity index (χ0v) is 11.6. The number of rotatable bonds is 3. The SMILES string of the molecule is CC(C)(C)c1nc(CN2CCC[C@@H](CN)C2)no1. The largest absolute Gasteiger partial charge is 0.339 e. The summed E-state index contributed by atoms with van der Waals surface area (Å²) in [4.78, 5) is 6.85. The molecule has 2 rings (SSSR count). The number of hydrogen-bond donors (Lipinski definition) is 1. The first-order valence-corrected chi connectivity index (χ1v) is 6.74. The maximum atomic E-state index is 5.74. The Labute approximate surface area is 109 Å². The van der Waals surface area contributed by atoms with E-state index in [1.807, 2.05) is 0 Å². The lowest BCUT2D eigenvalue weighted by Crippen LogP contribution is -2.38. The van der Waals surface area contributed by atoms with Crippen molar-refractivity contribution in [2.75, 3.05) is 19.6 Å². The fourth-order valence-corrected chi connectivity index (χ4v) is 2.31. The number of aromatic nitrogens is 2. The van der Waals surface area contributed by atoms with Crippen molar-refractivity contribution >= 4 is 0 Å². The minimum atomic E-state index is -0.0764. The number of likely N-dealkylation sites (tertiary alicyclic amines) is 1. The van der Waals surface area contributed by atoms with Crippen LogP contribution in [0.4, 0.5) is 0 Å². The fraction of sp³-hybridized carbons (Fsp3) is 0.846. The highest BCUT2D eigenvalue weighted by Crippen LogP contribution is 2.21. The van der Waals surface area contributed by atoms with Crippen molar-refractivity contribution in [2.45, 2.75) is 45.6 Å². The fourth-order valence-electron chi connectivity index (χ4n) is 2.31. The van der Waals surface area contributed by atoms with E-state index in [2.05, 4.69) is 35.8 Å². The Morgan fingerprint density at radius 1 is 1.44 bits per heavy atom. The summed E-state index contributed by atoms with van der Waals surface area (Å²) in [5.41, 5.74) is 5.67. The molecule has 1 atom stereocenters. The van der Waals surface area contributed by atoms with Gasteiger partial charge in [0.05, 0.1) is 6.54 Å². The van der Waals surface area contributed by atoms with Crippen molar-refractivity contribution in [3.63, 3.8) is 0 Å². The van der Waals surface area contributed by atoms with E-state index in [-0.39, 0.29) is 5.41 Å². The van der Waals surface area contributed by atoms with E-state index in [1.165, 1.54) is 12.8 Å². The summed E-state index contributed by atoms with van der Waals surface area (Å²) in [5.74, 6) is 2.12. The van der Waals surface area contributed by atoms with Gasteiger partial charge in [-0.2, -0.15) is 4.98 Å². The summed E-state index contributed by atoms with van der Waals surface area (Å²) < 4.78 is 5.31. The molecule has 1 aromatic heterocycles. The molecule has 0 aliphatic carbocycles. The van der Waals surface area contributed by atoms with Gasteiger partial charge in [-0.25, -0.2) is 0 Å². The normalized spacial score (nSPS) is 22.3. The van der Waals surface area contributed by atoms with Crippen molar-refractivity contribution in [1.82, 2.24) is 15.0 Å². The van der Waals surface area contributed by atoms with Crippen molar-refractivity contribution < 1.29 is 4.52 Å². The molecular weight excluding hydrogens is 228 g/mol. The van der Waals surface area contributed by atoms with Gasteiger partial charge in [-0.1, -0.05) is 25.9 Å². The lowest BCUT2D eigenvalue weighted by atomic mass is 9.97. The lowest BCUT2D eigenvalue weighted by Gasteiger charge is -2.30. The smallest absolute Gasteiger partial charge is 0.232 e. The highest BCUT2D eigenvalue weighted by molar-refractivity contribution is 4.98. The molecule has 0 radical (unpaired) electrons. The molecule has 0 spiro atoms. The minimum Gasteiger partial charge on any atom is -0.339 e. The second-order valence-corrected chi connectivity index (χ2v) is 6.24. The Bertz CT molecular complexity index is 383. The summed E-state index contributed by atoms with van der Waals surface area (Å²) in [5, 5.41) is 4.07. The molecule has 0 amide bonds. The summed E-state index contributed by atoms with van der Waals surface area (Å²) >= 11 is 0. The highest BCUT2D eigenvalue weighted by Gasteiger charge is 2.24. The van der Waals surface area contributed by atoms with Crippen LogP contribution in [0.15, 0.2) is 4.52 Å². The molecule has 5 heteroatoms. The molecule has 0 unspecified atom stereocenters. The summed E-state index contributed by atoms with van der Waals surface area (Å²) in [6, 6.07) is 0. The Hall–Kier alpha value is -0.940. The molecule has 102 valence electrons. The van der Waals surface area contributed by atoms with Gasteiger partial charge in [-0.05, 0) is 31.8 Å². The van der Waals surface area contributed by atoms with Crippen LogP contribution in [0.1, 0.15) is 45.3 Å². The summed E-state index contributed by atoms with van der Waals surface area (Å²) in [6.07, 6.45) is 2.46. The number of hydrogen-bond acceptors (Lipinski definition) is 5. The van der Waals surface area contributed by atoms with E-state index in [9.17, 15) is 0 Å². The first-order valence-electron chi connectivity index (χ1n) is 6.74. The van der Waals surface area contributed by atoms with Crippen LogP contribution in [0.5, 0.6) is 0 Å². The molecule has 18 heavy (non-hydrogen) atoms. The molecule has 1 aromatic rings. The van der Waals surface area contributed by atoms with Crippen LogP contribution in [0.25, 0.3) is 0 Å². The van der Waals surface area contributed by atoms with E-state index < -0.39 is 0 Å². The topological polar surface area (TPSA) is 68.2 Å². The highest BCUT2D eigenvalue weighted by atomic mass is 16.5. The third-order valence-electron chi connectivity index (χ3n) is 3.41. The zero-order chi connectivity index (χ0) is 13.2. The van der Waals surface area contributed by atoms with Gasteiger partial charge in [-0.3, -0.25) is 4.90 Å². The van der Waals surface area contributed by atoms with E-state index in [1.54, 1.807) is 0 Å². The molecule has 2 heterocycles. The van der Waals surface area contributed by atoms with Crippen molar-refractivity contribution in [2.24, 2.45) is 11.7 Å². The zero-order valence-electron chi connectivity index (χ0n) is 11.6. The first-order chi connectivity index (χ1) is 8.49. The lowest BCUT2D eigenvalue weighted by molar-refractivity contribution is 0.166. The summed E-state index contributed by atoms with van der Waals surface area (Å²) in [7, 11) is 0. The molecule has 1 saturated heterocycles. The van der Waals surface area contributed by atoms with Gasteiger partial charge >= 0.3 is 0 Å². The van der Waals surface area contributed by atoms with Crippen molar-refractivity contribution in [3.05, 3.63) is 11.7 Å². The predicted molar refractivity (Wildman–Crippen MR) is 70.1 cm³/mol. The first kappa shape index (κ1) is 13.5. The molecule has 5 nitrogen and oxygen atoms in total. The van der Waals surface area contributed by atoms with Crippen LogP contribution in [0.2, 0.25) is 0 Å². The molecule has 1 fully saturated rings. The van der Waals surface area contributed by atoms with E-state index >= 15 is 0 Å². The third kappa shape index (κ3) is 3.29. The number of nitrogens with two attached hydrogens (primary N) is 1.